The molecule has 7 aromatic carbocycles. The normalized spacial score (nSPS) is 11.7. The zero-order chi connectivity index (χ0) is 28.3. The van der Waals surface area contributed by atoms with Gasteiger partial charge in [-0.05, 0) is 67.2 Å². The highest BCUT2D eigenvalue weighted by molar-refractivity contribution is 7.26. The van der Waals surface area contributed by atoms with Crippen LogP contribution in [-0.4, -0.2) is 4.98 Å². The van der Waals surface area contributed by atoms with E-state index in [1.165, 1.54) is 74.7 Å². The van der Waals surface area contributed by atoms with Gasteiger partial charge in [0.2, 0.25) is 0 Å². The van der Waals surface area contributed by atoms with Crippen LogP contribution < -0.4 is 0 Å². The molecule has 0 saturated carbocycles. The molecule has 0 saturated heterocycles. The SMILES string of the molecule is c1ccc(-c2c3ccccc3c(-c3ccc(-c4cccc5c4sc4cc6ccccc6cc45)nc3)c3ccccc23)cc1. The van der Waals surface area contributed by atoms with Crippen LogP contribution in [0.3, 0.4) is 0 Å². The second kappa shape index (κ2) is 9.62. The molecule has 0 aliphatic rings. The lowest BCUT2D eigenvalue weighted by atomic mass is 9.86. The van der Waals surface area contributed by atoms with Gasteiger partial charge in [0.05, 0.1) is 5.69 Å². The van der Waals surface area contributed by atoms with Gasteiger partial charge < -0.3 is 0 Å². The van der Waals surface area contributed by atoms with Gasteiger partial charge in [0.25, 0.3) is 0 Å². The first-order valence-corrected chi connectivity index (χ1v) is 15.4. The summed E-state index contributed by atoms with van der Waals surface area (Å²) in [7, 11) is 0. The fourth-order valence-electron chi connectivity index (χ4n) is 6.74. The lowest BCUT2D eigenvalue weighted by Crippen LogP contribution is -1.91. The molecule has 0 N–H and O–H groups in total. The third-order valence-corrected chi connectivity index (χ3v) is 9.89. The van der Waals surface area contributed by atoms with Crippen molar-refractivity contribution in [2.75, 3.05) is 0 Å². The molecular formula is C41H25NS. The summed E-state index contributed by atoms with van der Waals surface area (Å²) in [6.45, 7) is 0. The first kappa shape index (κ1) is 24.3. The molecule has 43 heavy (non-hydrogen) atoms. The molecule has 9 aromatic rings. The summed E-state index contributed by atoms with van der Waals surface area (Å²) in [6.07, 6.45) is 2.06. The van der Waals surface area contributed by atoms with E-state index in [4.69, 9.17) is 4.98 Å². The van der Waals surface area contributed by atoms with Crippen molar-refractivity contribution >= 4 is 63.8 Å². The fourth-order valence-corrected chi connectivity index (χ4v) is 8.00. The van der Waals surface area contributed by atoms with Crippen molar-refractivity contribution in [3.63, 3.8) is 0 Å². The van der Waals surface area contributed by atoms with Crippen LogP contribution in [0.5, 0.6) is 0 Å². The van der Waals surface area contributed by atoms with Crippen LogP contribution in [-0.2, 0) is 0 Å². The van der Waals surface area contributed by atoms with Gasteiger partial charge >= 0.3 is 0 Å². The van der Waals surface area contributed by atoms with Gasteiger partial charge in [-0.25, -0.2) is 0 Å². The Hall–Kier alpha value is -5.31. The molecule has 1 nitrogen and oxygen atoms in total. The Morgan fingerprint density at radius 2 is 1.00 bits per heavy atom. The number of aromatic nitrogens is 1. The third kappa shape index (κ3) is 3.81. The number of benzene rings is 7. The van der Waals surface area contributed by atoms with E-state index in [2.05, 4.69) is 152 Å². The molecule has 0 atom stereocenters. The molecule has 0 fully saturated rings. The molecule has 0 bridgehead atoms. The summed E-state index contributed by atoms with van der Waals surface area (Å²) in [4.78, 5) is 5.10. The Morgan fingerprint density at radius 1 is 0.419 bits per heavy atom. The summed E-state index contributed by atoms with van der Waals surface area (Å²) in [5, 5.41) is 10.2. The zero-order valence-electron chi connectivity index (χ0n) is 23.3. The summed E-state index contributed by atoms with van der Waals surface area (Å²) in [5.74, 6) is 0. The summed E-state index contributed by atoms with van der Waals surface area (Å²) >= 11 is 1.86. The van der Waals surface area contributed by atoms with Crippen LogP contribution in [0, 0.1) is 0 Å². The first-order chi connectivity index (χ1) is 21.3. The van der Waals surface area contributed by atoms with Gasteiger partial charge in [-0.15, -0.1) is 11.3 Å². The summed E-state index contributed by atoms with van der Waals surface area (Å²) in [6, 6.07) is 52.6. The van der Waals surface area contributed by atoms with Crippen molar-refractivity contribution in [3.05, 3.63) is 152 Å². The zero-order valence-corrected chi connectivity index (χ0v) is 24.1. The maximum atomic E-state index is 5.10. The third-order valence-electron chi connectivity index (χ3n) is 8.69. The first-order valence-electron chi connectivity index (χ1n) is 14.6. The van der Waals surface area contributed by atoms with Crippen molar-refractivity contribution in [2.24, 2.45) is 0 Å². The maximum Gasteiger partial charge on any atom is 0.0716 e. The van der Waals surface area contributed by atoms with Crippen LogP contribution in [0.15, 0.2) is 152 Å². The van der Waals surface area contributed by atoms with E-state index in [1.807, 2.05) is 11.3 Å². The minimum absolute atomic E-state index is 1.000. The molecule has 2 aromatic heterocycles. The minimum Gasteiger partial charge on any atom is -0.256 e. The van der Waals surface area contributed by atoms with E-state index < -0.39 is 0 Å². The standard InChI is InChI=1S/C41H25NS/c1-2-11-26(12-3-1)39-30-15-6-8-17-32(30)40(33-18-9-7-16-31(33)39)29-21-22-37(42-25-29)35-20-10-19-34-36-23-27-13-4-5-14-28(27)24-38(36)43-41(34)35/h1-25H. The predicted octanol–water partition coefficient (Wildman–Crippen LogP) is 11.9. The molecular weight excluding hydrogens is 539 g/mol. The van der Waals surface area contributed by atoms with Gasteiger partial charge in [0, 0.05) is 37.5 Å². The molecule has 200 valence electrons. The molecule has 2 heterocycles. The van der Waals surface area contributed by atoms with Crippen LogP contribution >= 0.6 is 11.3 Å². The predicted molar refractivity (Wildman–Crippen MR) is 186 cm³/mol. The summed E-state index contributed by atoms with van der Waals surface area (Å²) < 4.78 is 2.60. The van der Waals surface area contributed by atoms with Gasteiger partial charge in [0.15, 0.2) is 0 Å². The lowest BCUT2D eigenvalue weighted by molar-refractivity contribution is 1.34. The van der Waals surface area contributed by atoms with Gasteiger partial charge in [-0.3, -0.25) is 4.98 Å². The maximum absolute atomic E-state index is 5.10. The molecule has 0 spiro atoms. The Labute approximate surface area is 253 Å². The smallest absolute Gasteiger partial charge is 0.0716 e. The number of hydrogen-bond acceptors (Lipinski definition) is 2. The average Bonchev–Trinajstić information content (AvgIpc) is 3.44. The van der Waals surface area contributed by atoms with E-state index >= 15 is 0 Å². The largest absolute Gasteiger partial charge is 0.256 e. The van der Waals surface area contributed by atoms with Crippen LogP contribution in [0.4, 0.5) is 0 Å². The van der Waals surface area contributed by atoms with E-state index in [-0.39, 0.29) is 0 Å². The molecule has 0 aliphatic heterocycles. The molecule has 0 aliphatic carbocycles. The number of rotatable bonds is 3. The van der Waals surface area contributed by atoms with E-state index in [1.54, 1.807) is 0 Å². The fraction of sp³-hybridized carbons (Fsp3) is 0. The van der Waals surface area contributed by atoms with Crippen molar-refractivity contribution < 1.29 is 0 Å². The van der Waals surface area contributed by atoms with E-state index in [0.717, 1.165) is 11.3 Å². The number of fused-ring (bicyclic) bond motifs is 6. The lowest BCUT2D eigenvalue weighted by Gasteiger charge is -2.17. The van der Waals surface area contributed by atoms with Crippen LogP contribution in [0.25, 0.3) is 86.0 Å². The van der Waals surface area contributed by atoms with Gasteiger partial charge in [-0.2, -0.15) is 0 Å². The minimum atomic E-state index is 1.000. The van der Waals surface area contributed by atoms with Crippen molar-refractivity contribution in [2.45, 2.75) is 0 Å². The molecule has 0 amide bonds. The number of nitrogens with zero attached hydrogens (tertiary/aromatic N) is 1. The molecule has 2 heteroatoms. The summed E-state index contributed by atoms with van der Waals surface area (Å²) in [5.41, 5.74) is 7.06. The highest BCUT2D eigenvalue weighted by Crippen LogP contribution is 2.44. The average molecular weight is 564 g/mol. The highest BCUT2D eigenvalue weighted by Gasteiger charge is 2.17. The van der Waals surface area contributed by atoms with Crippen LogP contribution in [0.1, 0.15) is 0 Å². The quantitative estimate of drug-likeness (QED) is 0.195. The van der Waals surface area contributed by atoms with Crippen LogP contribution in [0.2, 0.25) is 0 Å². The van der Waals surface area contributed by atoms with Crippen molar-refractivity contribution in [3.8, 4) is 33.5 Å². The van der Waals surface area contributed by atoms with E-state index in [0.29, 0.717) is 0 Å². The van der Waals surface area contributed by atoms with Gasteiger partial charge in [0.1, 0.15) is 0 Å². The monoisotopic (exact) mass is 563 g/mol. The topological polar surface area (TPSA) is 12.9 Å². The second-order valence-corrected chi connectivity index (χ2v) is 12.2. The Bertz CT molecular complexity index is 2430. The Morgan fingerprint density at radius 3 is 1.65 bits per heavy atom. The van der Waals surface area contributed by atoms with E-state index in [9.17, 15) is 0 Å². The van der Waals surface area contributed by atoms with Gasteiger partial charge in [-0.1, -0.05) is 127 Å². The van der Waals surface area contributed by atoms with Crippen molar-refractivity contribution in [1.82, 2.24) is 4.98 Å². The van der Waals surface area contributed by atoms with Crippen molar-refractivity contribution in [1.29, 1.82) is 0 Å². The Kier molecular flexibility index (Phi) is 5.44. The second-order valence-electron chi connectivity index (χ2n) is 11.1. The number of pyridine rings is 1. The molecule has 0 radical (unpaired) electrons. The molecule has 0 unspecified atom stereocenters. The molecule has 9 rings (SSSR count). The number of thiophene rings is 1. The Balaban J connectivity index is 1.23. The highest BCUT2D eigenvalue weighted by atomic mass is 32.1. The number of hydrogen-bond donors (Lipinski definition) is 0.